The smallest absolute Gasteiger partial charge is 0.171 e. The highest BCUT2D eigenvalue weighted by Gasteiger charge is 2.41. The second-order valence-corrected chi connectivity index (χ2v) is 7.31. The summed E-state index contributed by atoms with van der Waals surface area (Å²) in [6.07, 6.45) is 9.65. The fourth-order valence-electron chi connectivity index (χ4n) is 3.99. The molecule has 0 N–H and O–H groups in total. The van der Waals surface area contributed by atoms with E-state index in [-0.39, 0.29) is 18.8 Å². The minimum Gasteiger partial charge on any atom is -0.171 e. The van der Waals surface area contributed by atoms with E-state index in [1.807, 2.05) is 6.08 Å². The number of hydrogen-bond acceptors (Lipinski definition) is 0. The molecule has 2 rings (SSSR count). The third-order valence-electron chi connectivity index (χ3n) is 5.52. The molecular weight excluding hydrogens is 297 g/mol. The molecule has 23 heavy (non-hydrogen) atoms. The second-order valence-electron chi connectivity index (χ2n) is 7.31. The summed E-state index contributed by atoms with van der Waals surface area (Å²) in [5.41, 5.74) is 0. The van der Waals surface area contributed by atoms with Gasteiger partial charge >= 0.3 is 6.18 Å². The van der Waals surface area contributed by atoms with Crippen molar-refractivity contribution in [3.63, 3.8) is 0 Å². The summed E-state index contributed by atoms with van der Waals surface area (Å²) in [4.78, 5) is 0. The molecule has 2 saturated carbocycles. The zero-order valence-electron chi connectivity index (χ0n) is 14.2. The summed E-state index contributed by atoms with van der Waals surface area (Å²) >= 11 is 0. The van der Waals surface area contributed by atoms with E-state index in [1.54, 1.807) is 0 Å². The summed E-state index contributed by atoms with van der Waals surface area (Å²) in [5.74, 6) is 6.86. The first kappa shape index (κ1) is 18.4. The lowest BCUT2D eigenvalue weighted by Crippen LogP contribution is -2.27. The topological polar surface area (TPSA) is 0 Å². The number of hydrogen-bond donors (Lipinski definition) is 0. The lowest BCUT2D eigenvalue weighted by molar-refractivity contribution is -0.182. The average molecular weight is 326 g/mol. The van der Waals surface area contributed by atoms with E-state index in [9.17, 15) is 13.2 Å². The Morgan fingerprint density at radius 2 is 1.61 bits per heavy atom. The summed E-state index contributed by atoms with van der Waals surface area (Å²) in [6, 6.07) is 0. The van der Waals surface area contributed by atoms with Crippen LogP contribution in [-0.2, 0) is 0 Å². The SMILES string of the molecule is CCCC1CCC(/C=C/C#CC2CCC(C(F)(F)F)CC2)CC1. The zero-order chi connectivity index (χ0) is 16.7. The fourth-order valence-corrected chi connectivity index (χ4v) is 3.99. The van der Waals surface area contributed by atoms with Crippen molar-refractivity contribution in [3.05, 3.63) is 12.2 Å². The van der Waals surface area contributed by atoms with Crippen molar-refractivity contribution in [2.24, 2.45) is 23.7 Å². The molecule has 2 aliphatic rings. The monoisotopic (exact) mass is 326 g/mol. The summed E-state index contributed by atoms with van der Waals surface area (Å²) in [5, 5.41) is 0. The van der Waals surface area contributed by atoms with Gasteiger partial charge in [0.25, 0.3) is 0 Å². The molecule has 0 bridgehead atoms. The van der Waals surface area contributed by atoms with E-state index in [1.165, 1.54) is 38.5 Å². The maximum Gasteiger partial charge on any atom is 0.391 e. The van der Waals surface area contributed by atoms with E-state index < -0.39 is 12.1 Å². The first-order valence-electron chi connectivity index (χ1n) is 9.23. The largest absolute Gasteiger partial charge is 0.391 e. The van der Waals surface area contributed by atoms with Gasteiger partial charge in [-0.05, 0) is 69.3 Å². The quantitative estimate of drug-likeness (QED) is 0.518. The van der Waals surface area contributed by atoms with Gasteiger partial charge < -0.3 is 0 Å². The minimum atomic E-state index is -4.02. The average Bonchev–Trinajstić information content (AvgIpc) is 2.53. The van der Waals surface area contributed by atoms with Crippen LogP contribution in [0.5, 0.6) is 0 Å². The number of alkyl halides is 3. The molecule has 0 aromatic heterocycles. The van der Waals surface area contributed by atoms with Gasteiger partial charge in [-0.3, -0.25) is 0 Å². The van der Waals surface area contributed by atoms with E-state index in [4.69, 9.17) is 0 Å². The Morgan fingerprint density at radius 3 is 2.17 bits per heavy atom. The standard InChI is InChI=1S/C20H29F3/c1-2-5-16-8-10-17(11-9-16)6-3-4-7-18-12-14-19(15-13-18)20(21,22)23/h3,6,16-19H,2,5,8-15H2,1H3/b6-3+. The maximum absolute atomic E-state index is 12.6. The van der Waals surface area contributed by atoms with Gasteiger partial charge in [0.05, 0.1) is 5.92 Å². The van der Waals surface area contributed by atoms with Crippen LogP contribution in [0.4, 0.5) is 13.2 Å². The third-order valence-corrected chi connectivity index (χ3v) is 5.52. The highest BCUT2D eigenvalue weighted by molar-refractivity contribution is 5.18. The Kier molecular flexibility index (Phi) is 7.06. The number of halogens is 3. The van der Waals surface area contributed by atoms with Crippen molar-refractivity contribution in [3.8, 4) is 11.8 Å². The molecule has 0 radical (unpaired) electrons. The van der Waals surface area contributed by atoms with Gasteiger partial charge in [-0.2, -0.15) is 13.2 Å². The Hall–Kier alpha value is -0.910. The first-order valence-corrected chi connectivity index (χ1v) is 9.23. The van der Waals surface area contributed by atoms with Crippen molar-refractivity contribution >= 4 is 0 Å². The van der Waals surface area contributed by atoms with E-state index in [0.29, 0.717) is 18.8 Å². The van der Waals surface area contributed by atoms with Gasteiger partial charge in [0.2, 0.25) is 0 Å². The Balaban J connectivity index is 1.68. The molecule has 0 aromatic rings. The second kappa shape index (κ2) is 8.81. The van der Waals surface area contributed by atoms with Crippen LogP contribution in [-0.4, -0.2) is 6.18 Å². The fraction of sp³-hybridized carbons (Fsp3) is 0.800. The van der Waals surface area contributed by atoms with E-state index in [2.05, 4.69) is 24.8 Å². The predicted octanol–water partition coefficient (Wildman–Crippen LogP) is 6.52. The summed E-state index contributed by atoms with van der Waals surface area (Å²) in [6.45, 7) is 2.25. The molecule has 0 nitrogen and oxygen atoms in total. The van der Waals surface area contributed by atoms with Crippen LogP contribution in [0.25, 0.3) is 0 Å². The van der Waals surface area contributed by atoms with Gasteiger partial charge in [-0.25, -0.2) is 0 Å². The van der Waals surface area contributed by atoms with Crippen LogP contribution < -0.4 is 0 Å². The van der Waals surface area contributed by atoms with Crippen molar-refractivity contribution < 1.29 is 13.2 Å². The van der Waals surface area contributed by atoms with Crippen molar-refractivity contribution in [1.82, 2.24) is 0 Å². The Labute approximate surface area is 138 Å². The maximum atomic E-state index is 12.6. The highest BCUT2D eigenvalue weighted by Crippen LogP contribution is 2.39. The zero-order valence-corrected chi connectivity index (χ0v) is 14.2. The van der Waals surface area contributed by atoms with Crippen molar-refractivity contribution in [2.75, 3.05) is 0 Å². The number of allylic oxidation sites excluding steroid dienone is 2. The molecular formula is C20H29F3. The molecule has 0 aromatic carbocycles. The molecule has 0 saturated heterocycles. The minimum absolute atomic E-state index is 0.151. The van der Waals surface area contributed by atoms with Gasteiger partial charge in [0, 0.05) is 5.92 Å². The normalized spacial score (nSPS) is 32.5. The van der Waals surface area contributed by atoms with Crippen molar-refractivity contribution in [1.29, 1.82) is 0 Å². The van der Waals surface area contributed by atoms with E-state index in [0.717, 1.165) is 5.92 Å². The molecule has 0 aliphatic heterocycles. The van der Waals surface area contributed by atoms with Gasteiger partial charge in [0.15, 0.2) is 0 Å². The van der Waals surface area contributed by atoms with Crippen LogP contribution in [0.1, 0.15) is 71.1 Å². The lowest BCUT2D eigenvalue weighted by atomic mass is 9.80. The van der Waals surface area contributed by atoms with Crippen molar-refractivity contribution in [2.45, 2.75) is 77.3 Å². The molecule has 0 heterocycles. The van der Waals surface area contributed by atoms with Gasteiger partial charge in [-0.1, -0.05) is 37.7 Å². The lowest BCUT2D eigenvalue weighted by Gasteiger charge is -2.27. The molecule has 3 heteroatoms. The number of rotatable bonds is 3. The van der Waals surface area contributed by atoms with Gasteiger partial charge in [0.1, 0.15) is 0 Å². The van der Waals surface area contributed by atoms with Crippen LogP contribution in [0, 0.1) is 35.5 Å². The molecule has 0 atom stereocenters. The Morgan fingerprint density at radius 1 is 0.957 bits per heavy atom. The molecule has 0 spiro atoms. The summed E-state index contributed by atoms with van der Waals surface area (Å²) in [7, 11) is 0. The molecule has 130 valence electrons. The predicted molar refractivity (Wildman–Crippen MR) is 88.8 cm³/mol. The van der Waals surface area contributed by atoms with Crippen LogP contribution in [0.2, 0.25) is 0 Å². The van der Waals surface area contributed by atoms with Crippen LogP contribution in [0.15, 0.2) is 12.2 Å². The first-order chi connectivity index (χ1) is 11.0. The van der Waals surface area contributed by atoms with Crippen LogP contribution >= 0.6 is 0 Å². The van der Waals surface area contributed by atoms with Gasteiger partial charge in [-0.15, -0.1) is 0 Å². The van der Waals surface area contributed by atoms with Crippen LogP contribution in [0.3, 0.4) is 0 Å². The molecule has 2 fully saturated rings. The summed E-state index contributed by atoms with van der Waals surface area (Å²) < 4.78 is 37.8. The third kappa shape index (κ3) is 6.24. The molecule has 2 aliphatic carbocycles. The highest BCUT2D eigenvalue weighted by atomic mass is 19.4. The Bertz CT molecular complexity index is 422. The molecule has 0 amide bonds. The van der Waals surface area contributed by atoms with E-state index >= 15 is 0 Å². The molecule has 0 unspecified atom stereocenters.